The number of likely N-dealkylation sites (N-methyl/N-ethyl adjacent to an activating group) is 1. The summed E-state index contributed by atoms with van der Waals surface area (Å²) in [6.07, 6.45) is 2.32. The van der Waals surface area contributed by atoms with Crippen LogP contribution in [0.4, 0.5) is 16.2 Å². The first-order valence-electron chi connectivity index (χ1n) is 16.5. The van der Waals surface area contributed by atoms with E-state index in [1.807, 2.05) is 44.2 Å². The highest BCUT2D eigenvalue weighted by atomic mass is 16.5. The van der Waals surface area contributed by atoms with Crippen molar-refractivity contribution >= 4 is 23.3 Å². The van der Waals surface area contributed by atoms with E-state index in [-0.39, 0.29) is 30.6 Å². The number of urea groups is 1. The normalized spacial score (nSPS) is 20.0. The average molecular weight is 647 g/mol. The van der Waals surface area contributed by atoms with Gasteiger partial charge in [-0.1, -0.05) is 37.3 Å². The molecule has 4 rings (SSSR count). The molecule has 3 amide bonds. The van der Waals surface area contributed by atoms with Crippen LogP contribution in [0.1, 0.15) is 56.0 Å². The fourth-order valence-corrected chi connectivity index (χ4v) is 5.69. The molecule has 10 heteroatoms. The molecule has 0 saturated carbocycles. The number of methoxy groups -OCH3 is 1. The van der Waals surface area contributed by atoms with E-state index in [9.17, 15) is 14.7 Å². The third kappa shape index (κ3) is 10.7. The summed E-state index contributed by atoms with van der Waals surface area (Å²) in [5.41, 5.74) is 2.60. The number of hydrogen-bond donors (Lipinski definition) is 3. The number of fused-ring (bicyclic) bond motifs is 1. The number of amides is 3. The predicted octanol–water partition coefficient (Wildman–Crippen LogP) is 6.27. The Kier molecular flexibility index (Phi) is 13.5. The van der Waals surface area contributed by atoms with Gasteiger partial charge in [0.2, 0.25) is 0 Å². The molecule has 1 heterocycles. The van der Waals surface area contributed by atoms with Gasteiger partial charge in [-0.2, -0.15) is 0 Å². The molecule has 0 unspecified atom stereocenters. The van der Waals surface area contributed by atoms with Gasteiger partial charge in [0.25, 0.3) is 5.91 Å². The molecule has 0 spiro atoms. The molecular formula is C37H50N4O6. The fraction of sp³-hybridized carbons (Fsp3) is 0.459. The Morgan fingerprint density at radius 2 is 1.77 bits per heavy atom. The molecule has 3 aromatic rings. The second kappa shape index (κ2) is 17.7. The number of benzene rings is 3. The molecule has 0 saturated heterocycles. The Labute approximate surface area is 279 Å². The molecule has 0 radical (unpaired) electrons. The molecule has 1 aliphatic heterocycles. The highest BCUT2D eigenvalue weighted by Crippen LogP contribution is 2.29. The monoisotopic (exact) mass is 646 g/mol. The van der Waals surface area contributed by atoms with Gasteiger partial charge in [-0.3, -0.25) is 9.69 Å². The van der Waals surface area contributed by atoms with Gasteiger partial charge in [-0.05, 0) is 88.2 Å². The summed E-state index contributed by atoms with van der Waals surface area (Å²) in [5, 5.41) is 15.9. The van der Waals surface area contributed by atoms with Crippen LogP contribution in [0.25, 0.3) is 0 Å². The van der Waals surface area contributed by atoms with Gasteiger partial charge in [0, 0.05) is 43.5 Å². The van der Waals surface area contributed by atoms with Crippen molar-refractivity contribution in [2.24, 2.45) is 5.92 Å². The lowest BCUT2D eigenvalue weighted by atomic mass is 10.0. The molecule has 0 bridgehead atoms. The molecule has 1 aliphatic rings. The van der Waals surface area contributed by atoms with Gasteiger partial charge < -0.3 is 34.9 Å². The van der Waals surface area contributed by atoms with Crippen LogP contribution in [0.2, 0.25) is 0 Å². The maximum absolute atomic E-state index is 14.4. The number of anilines is 2. The van der Waals surface area contributed by atoms with E-state index in [4.69, 9.17) is 14.2 Å². The van der Waals surface area contributed by atoms with Crippen LogP contribution in [0.15, 0.2) is 72.8 Å². The summed E-state index contributed by atoms with van der Waals surface area (Å²) in [5.74, 6) is 0.941. The lowest BCUT2D eigenvalue weighted by Gasteiger charge is -2.36. The van der Waals surface area contributed by atoms with Crippen LogP contribution in [-0.4, -0.2) is 85.6 Å². The van der Waals surface area contributed by atoms with Crippen molar-refractivity contribution in [3.8, 4) is 11.5 Å². The average Bonchev–Trinajstić information content (AvgIpc) is 3.06. The number of aliphatic hydroxyl groups is 1. The Balaban J connectivity index is 1.57. The van der Waals surface area contributed by atoms with Crippen molar-refractivity contribution in [3.05, 3.63) is 83.9 Å². The van der Waals surface area contributed by atoms with E-state index in [2.05, 4.69) is 41.6 Å². The number of carbonyl (C=O) groups is 2. The van der Waals surface area contributed by atoms with E-state index in [1.54, 1.807) is 42.3 Å². The van der Waals surface area contributed by atoms with Gasteiger partial charge in [-0.15, -0.1) is 0 Å². The lowest BCUT2D eigenvalue weighted by molar-refractivity contribution is -0.0177. The third-order valence-electron chi connectivity index (χ3n) is 8.44. The van der Waals surface area contributed by atoms with Crippen molar-refractivity contribution < 1.29 is 28.9 Å². The van der Waals surface area contributed by atoms with Gasteiger partial charge >= 0.3 is 6.03 Å². The first kappa shape index (κ1) is 35.7. The molecule has 10 nitrogen and oxygen atoms in total. The minimum Gasteiger partial charge on any atom is -0.497 e. The molecule has 0 aliphatic carbocycles. The highest BCUT2D eigenvalue weighted by Gasteiger charge is 2.30. The van der Waals surface area contributed by atoms with E-state index in [1.165, 1.54) is 5.56 Å². The second-order valence-electron chi connectivity index (χ2n) is 12.5. The van der Waals surface area contributed by atoms with Crippen LogP contribution in [-0.2, 0) is 11.3 Å². The zero-order chi connectivity index (χ0) is 33.8. The van der Waals surface area contributed by atoms with E-state index in [0.29, 0.717) is 42.4 Å². The molecule has 3 N–H and O–H groups in total. The van der Waals surface area contributed by atoms with Crippen LogP contribution in [0, 0.1) is 5.92 Å². The van der Waals surface area contributed by atoms with Crippen LogP contribution < -0.4 is 20.1 Å². The molecule has 0 fully saturated rings. The lowest BCUT2D eigenvalue weighted by Crippen LogP contribution is -2.47. The Bertz CT molecular complexity index is 1420. The van der Waals surface area contributed by atoms with Crippen molar-refractivity contribution in [3.63, 3.8) is 0 Å². The van der Waals surface area contributed by atoms with Crippen molar-refractivity contribution in [1.82, 2.24) is 9.80 Å². The Morgan fingerprint density at radius 1 is 1.04 bits per heavy atom. The molecule has 0 aromatic heterocycles. The maximum Gasteiger partial charge on any atom is 0.323 e. The summed E-state index contributed by atoms with van der Waals surface area (Å²) in [6, 6.07) is 21.4. The zero-order valence-electron chi connectivity index (χ0n) is 28.3. The van der Waals surface area contributed by atoms with Crippen molar-refractivity contribution in [2.75, 3.05) is 51.1 Å². The van der Waals surface area contributed by atoms with Crippen molar-refractivity contribution in [2.45, 2.75) is 64.8 Å². The number of rotatable bonds is 9. The standard InChI is InChI=1S/C37H50N4O6/c1-26-22-41(27(2)25-42)36(43)33-21-31(39-37(44)38-30-12-7-6-8-13-30)16-19-34(33)47-28(3)11-9-10-20-46-35(26)24-40(4)23-29-14-17-32(45-5)18-15-29/h6-8,12-19,21,26-28,35,42H,9-11,20,22-25H2,1-5H3,(H2,38,39,44)/t26-,27-,28+,35+/m1/s1. The van der Waals surface area contributed by atoms with Gasteiger partial charge in [0.1, 0.15) is 11.5 Å². The topological polar surface area (TPSA) is 113 Å². The molecular weight excluding hydrogens is 596 g/mol. The van der Waals surface area contributed by atoms with E-state index >= 15 is 0 Å². The van der Waals surface area contributed by atoms with Crippen LogP contribution in [0.3, 0.4) is 0 Å². The van der Waals surface area contributed by atoms with Gasteiger partial charge in [0.15, 0.2) is 0 Å². The quantitative estimate of drug-likeness (QED) is 0.251. The molecule has 47 heavy (non-hydrogen) atoms. The van der Waals surface area contributed by atoms with Crippen LogP contribution >= 0.6 is 0 Å². The summed E-state index contributed by atoms with van der Waals surface area (Å²) < 4.78 is 18.1. The Morgan fingerprint density at radius 3 is 2.47 bits per heavy atom. The number of ether oxygens (including phenoxy) is 3. The highest BCUT2D eigenvalue weighted by molar-refractivity contribution is 6.02. The summed E-state index contributed by atoms with van der Waals surface area (Å²) in [4.78, 5) is 31.1. The molecule has 4 atom stereocenters. The summed E-state index contributed by atoms with van der Waals surface area (Å²) in [7, 11) is 3.73. The predicted molar refractivity (Wildman–Crippen MR) is 185 cm³/mol. The van der Waals surface area contributed by atoms with Gasteiger partial charge in [-0.25, -0.2) is 4.79 Å². The minimum atomic E-state index is -0.459. The van der Waals surface area contributed by atoms with Gasteiger partial charge in [0.05, 0.1) is 37.5 Å². The zero-order valence-corrected chi connectivity index (χ0v) is 28.3. The smallest absolute Gasteiger partial charge is 0.323 e. The second-order valence-corrected chi connectivity index (χ2v) is 12.5. The summed E-state index contributed by atoms with van der Waals surface area (Å²) in [6.45, 7) is 8.09. The fourth-order valence-electron chi connectivity index (χ4n) is 5.69. The SMILES string of the molecule is COc1ccc(CN(C)C[C@@H]2OCCCC[C@H](C)Oc3ccc(NC(=O)Nc4ccccc4)cc3C(=O)N([C@H](C)CO)C[C@H]2C)cc1. The minimum absolute atomic E-state index is 0.0459. The first-order chi connectivity index (χ1) is 22.7. The number of nitrogens with zero attached hydrogens (tertiary/aromatic N) is 2. The van der Waals surface area contributed by atoms with E-state index < -0.39 is 12.1 Å². The first-order valence-corrected chi connectivity index (χ1v) is 16.5. The number of aliphatic hydroxyl groups excluding tert-OH is 1. The van der Waals surface area contributed by atoms with Crippen LogP contribution in [0.5, 0.6) is 11.5 Å². The van der Waals surface area contributed by atoms with E-state index in [0.717, 1.165) is 31.6 Å². The maximum atomic E-state index is 14.4. The molecule has 3 aromatic carbocycles. The number of para-hydroxylation sites is 1. The molecule has 254 valence electrons. The number of hydrogen-bond acceptors (Lipinski definition) is 7. The van der Waals surface area contributed by atoms with Crippen molar-refractivity contribution in [1.29, 1.82) is 0 Å². The Hall–Kier alpha value is -4.12. The third-order valence-corrected chi connectivity index (χ3v) is 8.44. The number of carbonyl (C=O) groups excluding carboxylic acids is 2. The number of nitrogens with one attached hydrogen (secondary N) is 2. The largest absolute Gasteiger partial charge is 0.497 e. The summed E-state index contributed by atoms with van der Waals surface area (Å²) >= 11 is 0.